The second-order valence-electron chi connectivity index (χ2n) is 5.28. The molecule has 2 aromatic rings. The van der Waals surface area contributed by atoms with Gasteiger partial charge >= 0.3 is 0 Å². The van der Waals surface area contributed by atoms with E-state index in [0.29, 0.717) is 11.9 Å². The minimum absolute atomic E-state index is 0.0835. The smallest absolute Gasteiger partial charge is 0.278 e. The van der Waals surface area contributed by atoms with Gasteiger partial charge in [0.25, 0.3) is 5.69 Å². The van der Waals surface area contributed by atoms with Gasteiger partial charge in [-0.25, -0.2) is 0 Å². The second kappa shape index (κ2) is 5.65. The Morgan fingerprint density at radius 1 is 1.48 bits per heavy atom. The Kier molecular flexibility index (Phi) is 3.70. The number of rotatable bonds is 4. The molecule has 1 aromatic heterocycles. The molecule has 1 aliphatic rings. The average molecular weight is 287 g/mol. The van der Waals surface area contributed by atoms with Crippen LogP contribution in [0.25, 0.3) is 10.8 Å². The molecule has 1 N–H and O–H groups in total. The highest BCUT2D eigenvalue weighted by Crippen LogP contribution is 2.31. The van der Waals surface area contributed by atoms with E-state index in [2.05, 4.69) is 10.3 Å². The van der Waals surface area contributed by atoms with Gasteiger partial charge in [0.1, 0.15) is 0 Å². The summed E-state index contributed by atoms with van der Waals surface area (Å²) in [5, 5.41) is 15.8. The van der Waals surface area contributed by atoms with Gasteiger partial charge in [0.05, 0.1) is 16.4 Å². The minimum Gasteiger partial charge on any atom is -0.382 e. The number of benzene rings is 1. The fourth-order valence-corrected chi connectivity index (χ4v) is 2.67. The number of nitrogens with zero attached hydrogens (tertiary/aromatic N) is 2. The number of fused-ring (bicyclic) bond motifs is 1. The molecule has 6 nitrogen and oxygen atoms in total. The van der Waals surface area contributed by atoms with Crippen LogP contribution in [0, 0.1) is 17.0 Å². The molecule has 110 valence electrons. The third-order valence-electron chi connectivity index (χ3n) is 3.76. The zero-order valence-corrected chi connectivity index (χ0v) is 11.8. The molecule has 0 spiro atoms. The van der Waals surface area contributed by atoms with Crippen LogP contribution in [-0.4, -0.2) is 29.2 Å². The summed E-state index contributed by atoms with van der Waals surface area (Å²) in [6.07, 6.45) is 3.94. The first-order valence-electron chi connectivity index (χ1n) is 7.04. The quantitative estimate of drug-likeness (QED) is 0.690. The molecule has 1 aliphatic heterocycles. The Bertz CT molecular complexity index is 681. The van der Waals surface area contributed by atoms with E-state index in [0.717, 1.165) is 36.2 Å². The summed E-state index contributed by atoms with van der Waals surface area (Å²) in [6, 6.07) is 5.16. The molecular weight excluding hydrogens is 270 g/mol. The Morgan fingerprint density at radius 3 is 3.05 bits per heavy atom. The Hall–Kier alpha value is -2.21. The molecule has 1 atom stereocenters. The molecular formula is C15H17N3O3. The average Bonchev–Trinajstić information content (AvgIpc) is 2.97. The van der Waals surface area contributed by atoms with Gasteiger partial charge in [-0.1, -0.05) is 0 Å². The van der Waals surface area contributed by atoms with Crippen LogP contribution in [-0.2, 0) is 4.74 Å². The lowest BCUT2D eigenvalue weighted by atomic mass is 10.1. The van der Waals surface area contributed by atoms with Crippen LogP contribution in [0.3, 0.4) is 0 Å². The number of aromatic nitrogens is 1. The van der Waals surface area contributed by atoms with Crippen molar-refractivity contribution in [1.82, 2.24) is 4.98 Å². The predicted octanol–water partition coefficient (Wildman–Crippen LogP) is 3.04. The number of aryl methyl sites for hydroxylation is 1. The summed E-state index contributed by atoms with van der Waals surface area (Å²) >= 11 is 0. The topological polar surface area (TPSA) is 77.3 Å². The van der Waals surface area contributed by atoms with Gasteiger partial charge in [0.2, 0.25) is 0 Å². The Labute approximate surface area is 122 Å². The monoisotopic (exact) mass is 287 g/mol. The molecule has 6 heteroatoms. The van der Waals surface area contributed by atoms with Gasteiger partial charge < -0.3 is 10.1 Å². The highest BCUT2D eigenvalue weighted by molar-refractivity contribution is 5.99. The maximum absolute atomic E-state index is 11.1. The fourth-order valence-electron chi connectivity index (χ4n) is 2.67. The second-order valence-corrected chi connectivity index (χ2v) is 5.28. The van der Waals surface area contributed by atoms with Crippen molar-refractivity contribution in [1.29, 1.82) is 0 Å². The van der Waals surface area contributed by atoms with Crippen molar-refractivity contribution in [2.75, 3.05) is 18.5 Å². The molecule has 1 fully saturated rings. The summed E-state index contributed by atoms with van der Waals surface area (Å²) in [6.45, 7) is 3.41. The first kappa shape index (κ1) is 13.8. The van der Waals surface area contributed by atoms with Crippen molar-refractivity contribution >= 4 is 22.1 Å². The number of nitro groups is 1. The lowest BCUT2D eigenvalue weighted by Crippen LogP contribution is -2.18. The normalized spacial score (nSPS) is 18.0. The zero-order valence-electron chi connectivity index (χ0n) is 11.8. The third kappa shape index (κ3) is 2.80. The first-order chi connectivity index (χ1) is 10.1. The van der Waals surface area contributed by atoms with Crippen LogP contribution >= 0.6 is 0 Å². The summed E-state index contributed by atoms with van der Waals surface area (Å²) in [4.78, 5) is 14.9. The number of pyridine rings is 1. The molecule has 0 bridgehead atoms. The van der Waals surface area contributed by atoms with Crippen molar-refractivity contribution in [3.63, 3.8) is 0 Å². The lowest BCUT2D eigenvalue weighted by molar-refractivity contribution is -0.383. The summed E-state index contributed by atoms with van der Waals surface area (Å²) in [5.41, 5.74) is 1.81. The molecule has 0 aliphatic carbocycles. The third-order valence-corrected chi connectivity index (χ3v) is 3.76. The van der Waals surface area contributed by atoms with Crippen LogP contribution in [0.5, 0.6) is 0 Å². The molecule has 21 heavy (non-hydrogen) atoms. The summed E-state index contributed by atoms with van der Waals surface area (Å²) in [5.74, 6) is 0. The molecule has 1 saturated heterocycles. The van der Waals surface area contributed by atoms with Gasteiger partial charge in [-0.05, 0) is 31.9 Å². The van der Waals surface area contributed by atoms with E-state index >= 15 is 0 Å². The lowest BCUT2D eigenvalue weighted by Gasteiger charge is -2.14. The molecule has 0 radical (unpaired) electrons. The highest BCUT2D eigenvalue weighted by Gasteiger charge is 2.18. The molecule has 2 heterocycles. The van der Waals surface area contributed by atoms with Crippen molar-refractivity contribution in [3.8, 4) is 0 Å². The number of anilines is 1. The molecule has 0 amide bonds. The highest BCUT2D eigenvalue weighted by atomic mass is 16.6. The van der Waals surface area contributed by atoms with Crippen LogP contribution in [0.2, 0.25) is 0 Å². The van der Waals surface area contributed by atoms with Crippen molar-refractivity contribution < 1.29 is 9.66 Å². The minimum atomic E-state index is -0.372. The zero-order chi connectivity index (χ0) is 14.8. The number of non-ortho nitro benzene ring substituents is 1. The van der Waals surface area contributed by atoms with Gasteiger partial charge in [-0.2, -0.15) is 0 Å². The number of ether oxygens (including phenoxy) is 1. The van der Waals surface area contributed by atoms with Crippen LogP contribution < -0.4 is 5.32 Å². The number of hydrogen-bond donors (Lipinski definition) is 1. The predicted molar refractivity (Wildman–Crippen MR) is 80.6 cm³/mol. The van der Waals surface area contributed by atoms with Crippen LogP contribution in [0.1, 0.15) is 18.5 Å². The van der Waals surface area contributed by atoms with E-state index in [1.807, 2.05) is 13.0 Å². The van der Waals surface area contributed by atoms with Crippen molar-refractivity contribution in [3.05, 3.63) is 40.2 Å². The molecule has 0 saturated carbocycles. The summed E-state index contributed by atoms with van der Waals surface area (Å²) in [7, 11) is 0. The molecule has 1 aromatic carbocycles. The van der Waals surface area contributed by atoms with Gasteiger partial charge in [0, 0.05) is 42.2 Å². The number of hydrogen-bond acceptors (Lipinski definition) is 5. The van der Waals surface area contributed by atoms with E-state index < -0.39 is 0 Å². The first-order valence-corrected chi connectivity index (χ1v) is 7.04. The number of nitro benzene ring substituents is 1. The van der Waals surface area contributed by atoms with Gasteiger partial charge in [-0.3, -0.25) is 15.1 Å². The van der Waals surface area contributed by atoms with E-state index in [1.165, 1.54) is 6.07 Å². The van der Waals surface area contributed by atoms with E-state index in [9.17, 15) is 10.1 Å². The maximum atomic E-state index is 11.1. The van der Waals surface area contributed by atoms with Crippen LogP contribution in [0.4, 0.5) is 11.4 Å². The summed E-state index contributed by atoms with van der Waals surface area (Å²) < 4.78 is 5.59. The SMILES string of the molecule is Cc1cc2c(NCC3CCCO3)ccc([N+](=O)[O-])c2cn1. The van der Waals surface area contributed by atoms with Crippen molar-refractivity contribution in [2.24, 2.45) is 0 Å². The standard InChI is InChI=1S/C15H17N3O3/c1-10-7-12-13(9-16-10)15(18(19)20)5-4-14(12)17-8-11-3-2-6-21-11/h4-5,7,9,11,17H,2-3,6,8H2,1H3. The number of nitrogens with one attached hydrogen (secondary N) is 1. The van der Waals surface area contributed by atoms with Crippen molar-refractivity contribution in [2.45, 2.75) is 25.9 Å². The van der Waals surface area contributed by atoms with Gasteiger partial charge in [0.15, 0.2) is 0 Å². The maximum Gasteiger partial charge on any atom is 0.278 e. The molecule has 1 unspecified atom stereocenters. The van der Waals surface area contributed by atoms with E-state index in [4.69, 9.17) is 4.74 Å². The molecule has 3 rings (SSSR count). The Balaban J connectivity index is 1.96. The van der Waals surface area contributed by atoms with Crippen LogP contribution in [0.15, 0.2) is 24.4 Å². The Morgan fingerprint density at radius 2 is 2.33 bits per heavy atom. The fraction of sp³-hybridized carbons (Fsp3) is 0.400. The van der Waals surface area contributed by atoms with E-state index in [-0.39, 0.29) is 16.7 Å². The van der Waals surface area contributed by atoms with Gasteiger partial charge in [-0.15, -0.1) is 0 Å². The largest absolute Gasteiger partial charge is 0.382 e. The van der Waals surface area contributed by atoms with E-state index in [1.54, 1.807) is 12.3 Å².